The minimum absolute atomic E-state index is 0.0787. The normalized spacial score (nSPS) is 27.2. The van der Waals surface area contributed by atoms with E-state index in [-0.39, 0.29) is 5.91 Å². The fourth-order valence-corrected chi connectivity index (χ4v) is 3.08. The van der Waals surface area contributed by atoms with Crippen LogP contribution in [-0.2, 0) is 4.79 Å². The zero-order chi connectivity index (χ0) is 12.1. The van der Waals surface area contributed by atoms with Crippen LogP contribution >= 0.6 is 0 Å². The summed E-state index contributed by atoms with van der Waals surface area (Å²) in [6, 6.07) is 0.785. The van der Waals surface area contributed by atoms with Crippen molar-refractivity contribution in [3.8, 4) is 0 Å². The highest BCUT2D eigenvalue weighted by atomic mass is 16.1. The van der Waals surface area contributed by atoms with E-state index in [0.717, 1.165) is 25.0 Å². The molecule has 2 N–H and O–H groups in total. The average molecular weight is 239 g/mol. The number of hydrogen-bond donors (Lipinski definition) is 2. The van der Waals surface area contributed by atoms with Gasteiger partial charge < -0.3 is 15.5 Å². The van der Waals surface area contributed by atoms with Gasteiger partial charge in [-0.05, 0) is 51.2 Å². The van der Waals surface area contributed by atoms with Gasteiger partial charge in [0.25, 0.3) is 0 Å². The lowest BCUT2D eigenvalue weighted by molar-refractivity contribution is -0.119. The molecule has 1 unspecified atom stereocenters. The quantitative estimate of drug-likeness (QED) is 0.754. The van der Waals surface area contributed by atoms with Crippen molar-refractivity contribution in [2.75, 3.05) is 32.7 Å². The summed E-state index contributed by atoms with van der Waals surface area (Å²) in [5.41, 5.74) is 0. The first-order chi connectivity index (χ1) is 8.25. The molecule has 0 aromatic heterocycles. The van der Waals surface area contributed by atoms with Crippen LogP contribution < -0.4 is 10.6 Å². The predicted octanol–water partition coefficient (Wildman–Crippen LogP) is 0.587. The number of carbonyl (C=O) groups excluding carboxylic acids is 1. The number of nitrogens with zero attached hydrogens (tertiary/aromatic N) is 1. The summed E-state index contributed by atoms with van der Waals surface area (Å²) in [4.78, 5) is 13.2. The SMILES string of the molecule is CC(=O)NCCN1CCC(C2CCCN2)CC1. The Labute approximate surface area is 104 Å². The molecule has 98 valence electrons. The van der Waals surface area contributed by atoms with Crippen molar-refractivity contribution >= 4 is 5.91 Å². The summed E-state index contributed by atoms with van der Waals surface area (Å²) in [6.07, 6.45) is 5.36. The molecule has 2 rings (SSSR count). The number of likely N-dealkylation sites (tertiary alicyclic amines) is 1. The van der Waals surface area contributed by atoms with Gasteiger partial charge in [-0.1, -0.05) is 0 Å². The highest BCUT2D eigenvalue weighted by Crippen LogP contribution is 2.25. The van der Waals surface area contributed by atoms with Crippen LogP contribution in [0.3, 0.4) is 0 Å². The van der Waals surface area contributed by atoms with Gasteiger partial charge in [0.05, 0.1) is 0 Å². The molecule has 4 nitrogen and oxygen atoms in total. The summed E-state index contributed by atoms with van der Waals surface area (Å²) in [6.45, 7) is 6.99. The molecule has 0 bridgehead atoms. The Morgan fingerprint density at radius 3 is 2.71 bits per heavy atom. The van der Waals surface area contributed by atoms with Crippen LogP contribution in [-0.4, -0.2) is 49.6 Å². The topological polar surface area (TPSA) is 44.4 Å². The highest BCUT2D eigenvalue weighted by Gasteiger charge is 2.27. The summed E-state index contributed by atoms with van der Waals surface area (Å²) in [7, 11) is 0. The zero-order valence-electron chi connectivity index (χ0n) is 10.9. The van der Waals surface area contributed by atoms with Gasteiger partial charge in [-0.25, -0.2) is 0 Å². The number of hydrogen-bond acceptors (Lipinski definition) is 3. The van der Waals surface area contributed by atoms with E-state index in [1.165, 1.54) is 45.3 Å². The van der Waals surface area contributed by atoms with Gasteiger partial charge in [0, 0.05) is 26.1 Å². The van der Waals surface area contributed by atoms with E-state index in [4.69, 9.17) is 0 Å². The Morgan fingerprint density at radius 2 is 2.12 bits per heavy atom. The van der Waals surface area contributed by atoms with Crippen LogP contribution in [0.5, 0.6) is 0 Å². The Kier molecular flexibility index (Phi) is 4.80. The van der Waals surface area contributed by atoms with Crippen LogP contribution in [0, 0.1) is 5.92 Å². The first kappa shape index (κ1) is 12.8. The second kappa shape index (κ2) is 6.36. The third kappa shape index (κ3) is 3.96. The molecule has 2 saturated heterocycles. The monoisotopic (exact) mass is 239 g/mol. The average Bonchev–Trinajstić information content (AvgIpc) is 2.83. The van der Waals surface area contributed by atoms with Crippen molar-refractivity contribution in [1.82, 2.24) is 15.5 Å². The van der Waals surface area contributed by atoms with Crippen molar-refractivity contribution in [1.29, 1.82) is 0 Å². The number of carbonyl (C=O) groups is 1. The summed E-state index contributed by atoms with van der Waals surface area (Å²) < 4.78 is 0. The third-order valence-electron chi connectivity index (χ3n) is 4.10. The molecule has 17 heavy (non-hydrogen) atoms. The van der Waals surface area contributed by atoms with Gasteiger partial charge in [0.1, 0.15) is 0 Å². The lowest BCUT2D eigenvalue weighted by Crippen LogP contribution is -2.43. The number of rotatable bonds is 4. The van der Waals surface area contributed by atoms with E-state index >= 15 is 0 Å². The van der Waals surface area contributed by atoms with Crippen LogP contribution in [0.4, 0.5) is 0 Å². The largest absolute Gasteiger partial charge is 0.355 e. The van der Waals surface area contributed by atoms with Gasteiger partial charge in [-0.15, -0.1) is 0 Å². The molecule has 4 heteroatoms. The lowest BCUT2D eigenvalue weighted by Gasteiger charge is -2.34. The fraction of sp³-hybridized carbons (Fsp3) is 0.923. The van der Waals surface area contributed by atoms with Gasteiger partial charge >= 0.3 is 0 Å². The number of nitrogens with one attached hydrogen (secondary N) is 2. The zero-order valence-corrected chi connectivity index (χ0v) is 10.9. The van der Waals surface area contributed by atoms with Gasteiger partial charge in [-0.2, -0.15) is 0 Å². The van der Waals surface area contributed by atoms with Crippen LogP contribution in [0.15, 0.2) is 0 Å². The molecule has 1 atom stereocenters. The smallest absolute Gasteiger partial charge is 0.216 e. The van der Waals surface area contributed by atoms with Crippen LogP contribution in [0.2, 0.25) is 0 Å². The van der Waals surface area contributed by atoms with Crippen LogP contribution in [0.1, 0.15) is 32.6 Å². The molecular weight excluding hydrogens is 214 g/mol. The molecule has 1 amide bonds. The van der Waals surface area contributed by atoms with E-state index in [0.29, 0.717) is 0 Å². The molecule has 2 aliphatic heterocycles. The summed E-state index contributed by atoms with van der Waals surface area (Å²) in [5, 5.41) is 6.49. The summed E-state index contributed by atoms with van der Waals surface area (Å²) >= 11 is 0. The maximum absolute atomic E-state index is 10.8. The van der Waals surface area contributed by atoms with E-state index in [1.54, 1.807) is 6.92 Å². The molecule has 0 radical (unpaired) electrons. The Bertz CT molecular complexity index is 243. The lowest BCUT2D eigenvalue weighted by atomic mass is 9.88. The Morgan fingerprint density at radius 1 is 1.35 bits per heavy atom. The second-order valence-corrected chi connectivity index (χ2v) is 5.36. The molecule has 2 fully saturated rings. The molecule has 0 aromatic carbocycles. The maximum atomic E-state index is 10.8. The van der Waals surface area contributed by atoms with Crippen molar-refractivity contribution < 1.29 is 4.79 Å². The van der Waals surface area contributed by atoms with Crippen molar-refractivity contribution in [2.24, 2.45) is 5.92 Å². The molecule has 2 aliphatic rings. The molecule has 0 aromatic rings. The highest BCUT2D eigenvalue weighted by molar-refractivity contribution is 5.72. The molecule has 0 spiro atoms. The third-order valence-corrected chi connectivity index (χ3v) is 4.10. The summed E-state index contributed by atoms with van der Waals surface area (Å²) in [5.74, 6) is 0.963. The number of piperidine rings is 1. The van der Waals surface area contributed by atoms with E-state index in [9.17, 15) is 4.79 Å². The van der Waals surface area contributed by atoms with Gasteiger partial charge in [-0.3, -0.25) is 4.79 Å². The molecular formula is C13H25N3O. The predicted molar refractivity (Wildman–Crippen MR) is 68.9 cm³/mol. The van der Waals surface area contributed by atoms with Crippen molar-refractivity contribution in [3.05, 3.63) is 0 Å². The number of amides is 1. The minimum atomic E-state index is 0.0787. The molecule has 0 saturated carbocycles. The minimum Gasteiger partial charge on any atom is -0.355 e. The second-order valence-electron chi connectivity index (χ2n) is 5.36. The molecule has 2 heterocycles. The van der Waals surface area contributed by atoms with Gasteiger partial charge in [0.15, 0.2) is 0 Å². The van der Waals surface area contributed by atoms with E-state index in [1.807, 2.05) is 0 Å². The van der Waals surface area contributed by atoms with Crippen molar-refractivity contribution in [2.45, 2.75) is 38.6 Å². The Hall–Kier alpha value is -0.610. The first-order valence-electron chi connectivity index (χ1n) is 6.96. The maximum Gasteiger partial charge on any atom is 0.216 e. The molecule has 0 aliphatic carbocycles. The van der Waals surface area contributed by atoms with Gasteiger partial charge in [0.2, 0.25) is 5.91 Å². The van der Waals surface area contributed by atoms with Crippen LogP contribution in [0.25, 0.3) is 0 Å². The fourth-order valence-electron chi connectivity index (χ4n) is 3.08. The Balaban J connectivity index is 1.62. The first-order valence-corrected chi connectivity index (χ1v) is 6.96. The van der Waals surface area contributed by atoms with E-state index < -0.39 is 0 Å². The van der Waals surface area contributed by atoms with E-state index in [2.05, 4.69) is 15.5 Å². The van der Waals surface area contributed by atoms with Crippen molar-refractivity contribution in [3.63, 3.8) is 0 Å². The standard InChI is InChI=1S/C13H25N3O/c1-11(17)14-7-10-16-8-4-12(5-9-16)13-3-2-6-15-13/h12-13,15H,2-10H2,1H3,(H,14,17).